The number of fused-ring (bicyclic) bond motifs is 3. The summed E-state index contributed by atoms with van der Waals surface area (Å²) in [6.07, 6.45) is 1.99. The van der Waals surface area contributed by atoms with Crippen LogP contribution in [0, 0.1) is 0 Å². The van der Waals surface area contributed by atoms with Gasteiger partial charge in [-0.05, 0) is 34.2 Å². The van der Waals surface area contributed by atoms with Crippen molar-refractivity contribution in [3.63, 3.8) is 0 Å². The zero-order valence-corrected chi connectivity index (χ0v) is 17.2. The van der Waals surface area contributed by atoms with Gasteiger partial charge in [-0.2, -0.15) is 0 Å². The maximum Gasteiger partial charge on any atom is 0.407 e. The van der Waals surface area contributed by atoms with Gasteiger partial charge in [-0.25, -0.2) is 4.79 Å². The highest BCUT2D eigenvalue weighted by Crippen LogP contribution is 2.44. The fourth-order valence-corrected chi connectivity index (χ4v) is 4.18. The standard InChI is InChI=1S/C26H25N2O3/c29-15-14-27-17-20(16-19-8-2-1-3-9-19)28-26(30)31-18-25-23-12-6-4-10-21(23)22-11-5-7-13-24(22)25/h1-13,20,25,27H,14,16-18H2,(H,28,30)/t20-/m0/s1. The number of hydrogen-bond donors (Lipinski definition) is 2. The average molecular weight is 413 g/mol. The Morgan fingerprint density at radius 2 is 1.52 bits per heavy atom. The Morgan fingerprint density at radius 1 is 0.903 bits per heavy atom. The lowest BCUT2D eigenvalue weighted by Gasteiger charge is -2.20. The number of amides is 1. The number of carbonyl (C=O) groups is 1. The van der Waals surface area contributed by atoms with Gasteiger partial charge in [-0.1, -0.05) is 78.9 Å². The van der Waals surface area contributed by atoms with Gasteiger partial charge in [-0.15, -0.1) is 0 Å². The molecular weight excluding hydrogens is 388 g/mol. The third kappa shape index (κ3) is 5.01. The van der Waals surface area contributed by atoms with Crippen LogP contribution in [0.3, 0.4) is 0 Å². The van der Waals surface area contributed by atoms with E-state index in [4.69, 9.17) is 4.74 Å². The minimum absolute atomic E-state index is 0.0218. The first-order valence-corrected chi connectivity index (χ1v) is 10.5. The van der Waals surface area contributed by atoms with E-state index in [2.05, 4.69) is 34.9 Å². The minimum Gasteiger partial charge on any atom is -0.449 e. The van der Waals surface area contributed by atoms with Crippen molar-refractivity contribution in [3.05, 3.63) is 95.6 Å². The maximum absolute atomic E-state index is 12.6. The Balaban J connectivity index is 1.40. The van der Waals surface area contributed by atoms with Crippen molar-refractivity contribution in [2.45, 2.75) is 18.4 Å². The number of ether oxygens (including phenoxy) is 1. The van der Waals surface area contributed by atoms with Gasteiger partial charge in [0.05, 0.1) is 6.54 Å². The molecule has 0 bridgehead atoms. The van der Waals surface area contributed by atoms with Crippen LogP contribution < -0.4 is 10.6 Å². The predicted octanol–water partition coefficient (Wildman–Crippen LogP) is 3.84. The monoisotopic (exact) mass is 413 g/mol. The van der Waals surface area contributed by atoms with Gasteiger partial charge >= 0.3 is 6.09 Å². The van der Waals surface area contributed by atoms with Crippen molar-refractivity contribution < 1.29 is 14.3 Å². The molecule has 3 aromatic carbocycles. The highest BCUT2D eigenvalue weighted by molar-refractivity contribution is 5.79. The summed E-state index contributed by atoms with van der Waals surface area (Å²) in [6, 6.07) is 26.2. The van der Waals surface area contributed by atoms with Gasteiger partial charge in [-0.3, -0.25) is 4.79 Å². The first-order valence-electron chi connectivity index (χ1n) is 10.5. The molecule has 3 aromatic rings. The normalized spacial score (nSPS) is 13.2. The lowest BCUT2D eigenvalue weighted by Crippen LogP contribution is -2.44. The zero-order chi connectivity index (χ0) is 21.5. The molecule has 2 N–H and O–H groups in total. The molecule has 1 amide bonds. The molecule has 157 valence electrons. The van der Waals surface area contributed by atoms with Crippen molar-refractivity contribution in [3.8, 4) is 11.1 Å². The predicted molar refractivity (Wildman–Crippen MR) is 121 cm³/mol. The lowest BCUT2D eigenvalue weighted by molar-refractivity contribution is 0.139. The number of nitrogens with one attached hydrogen (secondary N) is 2. The van der Waals surface area contributed by atoms with E-state index in [0.717, 1.165) is 5.56 Å². The fraction of sp³-hybridized carbons (Fsp3) is 0.231. The number of benzene rings is 3. The van der Waals surface area contributed by atoms with Gasteiger partial charge in [0.2, 0.25) is 6.29 Å². The van der Waals surface area contributed by atoms with Crippen LogP contribution in [-0.2, 0) is 16.0 Å². The maximum atomic E-state index is 12.6. The second-order valence-electron chi connectivity index (χ2n) is 7.63. The van der Waals surface area contributed by atoms with Gasteiger partial charge in [0.1, 0.15) is 6.61 Å². The fourth-order valence-electron chi connectivity index (χ4n) is 4.18. The van der Waals surface area contributed by atoms with E-state index >= 15 is 0 Å². The SMILES string of the molecule is O=[C]CNC[C@H](Cc1ccccc1)NC(=O)OCC1c2ccccc2-c2ccccc21. The van der Waals surface area contributed by atoms with E-state index in [0.29, 0.717) is 13.0 Å². The van der Waals surface area contributed by atoms with Gasteiger partial charge in [0.15, 0.2) is 0 Å². The molecule has 1 atom stereocenters. The summed E-state index contributed by atoms with van der Waals surface area (Å²) in [7, 11) is 0. The van der Waals surface area contributed by atoms with Crippen LogP contribution in [0.1, 0.15) is 22.6 Å². The van der Waals surface area contributed by atoms with Crippen LogP contribution in [0.5, 0.6) is 0 Å². The summed E-state index contributed by atoms with van der Waals surface area (Å²) in [4.78, 5) is 23.1. The van der Waals surface area contributed by atoms with Crippen molar-refractivity contribution in [1.29, 1.82) is 0 Å². The van der Waals surface area contributed by atoms with Gasteiger partial charge in [0, 0.05) is 18.5 Å². The molecule has 0 unspecified atom stereocenters. The van der Waals surface area contributed by atoms with Crippen LogP contribution >= 0.6 is 0 Å². The molecule has 1 aliphatic carbocycles. The molecular formula is C26H25N2O3. The topological polar surface area (TPSA) is 67.4 Å². The Morgan fingerprint density at radius 3 is 2.16 bits per heavy atom. The summed E-state index contributed by atoms with van der Waals surface area (Å²) >= 11 is 0. The van der Waals surface area contributed by atoms with E-state index in [1.807, 2.05) is 60.9 Å². The largest absolute Gasteiger partial charge is 0.449 e. The molecule has 0 aliphatic heterocycles. The van der Waals surface area contributed by atoms with E-state index in [9.17, 15) is 9.59 Å². The zero-order valence-electron chi connectivity index (χ0n) is 17.2. The molecule has 0 aromatic heterocycles. The highest BCUT2D eigenvalue weighted by Gasteiger charge is 2.29. The van der Waals surface area contributed by atoms with Crippen LogP contribution in [0.2, 0.25) is 0 Å². The molecule has 1 radical (unpaired) electrons. The molecule has 4 rings (SSSR count). The minimum atomic E-state index is -0.459. The molecule has 0 saturated heterocycles. The Kier molecular flexibility index (Phi) is 6.75. The summed E-state index contributed by atoms with van der Waals surface area (Å²) in [5, 5.41) is 5.93. The van der Waals surface area contributed by atoms with E-state index in [1.165, 1.54) is 22.3 Å². The van der Waals surface area contributed by atoms with E-state index in [1.54, 1.807) is 0 Å². The molecule has 0 heterocycles. The molecule has 5 nitrogen and oxygen atoms in total. The summed E-state index contributed by atoms with van der Waals surface area (Å²) in [6.45, 7) is 0.847. The highest BCUT2D eigenvalue weighted by atomic mass is 16.5. The molecule has 0 spiro atoms. The number of hydrogen-bond acceptors (Lipinski definition) is 4. The lowest BCUT2D eigenvalue weighted by atomic mass is 9.98. The van der Waals surface area contributed by atoms with Crippen molar-refractivity contribution in [1.82, 2.24) is 10.6 Å². The van der Waals surface area contributed by atoms with Crippen LogP contribution in [0.25, 0.3) is 11.1 Å². The number of carbonyl (C=O) groups excluding carboxylic acids is 2. The average Bonchev–Trinajstić information content (AvgIpc) is 3.12. The van der Waals surface area contributed by atoms with E-state index < -0.39 is 6.09 Å². The first kappa shape index (κ1) is 20.8. The second kappa shape index (κ2) is 10.0. The summed E-state index contributed by atoms with van der Waals surface area (Å²) < 4.78 is 5.66. The summed E-state index contributed by atoms with van der Waals surface area (Å²) in [5.41, 5.74) is 5.86. The molecule has 5 heteroatoms. The third-order valence-electron chi connectivity index (χ3n) is 5.58. The smallest absolute Gasteiger partial charge is 0.407 e. The van der Waals surface area contributed by atoms with Crippen molar-refractivity contribution in [2.24, 2.45) is 0 Å². The molecule has 0 saturated carbocycles. The molecule has 31 heavy (non-hydrogen) atoms. The van der Waals surface area contributed by atoms with Crippen LogP contribution in [0.15, 0.2) is 78.9 Å². The summed E-state index contributed by atoms with van der Waals surface area (Å²) in [5.74, 6) is 0.0218. The Bertz CT molecular complexity index is 990. The quantitative estimate of drug-likeness (QED) is 0.523. The Hall–Kier alpha value is -3.44. The third-order valence-corrected chi connectivity index (χ3v) is 5.58. The van der Waals surface area contributed by atoms with Crippen LogP contribution in [-0.4, -0.2) is 38.1 Å². The van der Waals surface area contributed by atoms with Crippen molar-refractivity contribution in [2.75, 3.05) is 19.7 Å². The van der Waals surface area contributed by atoms with Crippen molar-refractivity contribution >= 4 is 12.4 Å². The first-order chi connectivity index (χ1) is 15.3. The van der Waals surface area contributed by atoms with Gasteiger partial charge in [0.25, 0.3) is 0 Å². The molecule has 0 fully saturated rings. The Labute approximate surface area is 182 Å². The van der Waals surface area contributed by atoms with Crippen LogP contribution in [0.4, 0.5) is 4.79 Å². The second-order valence-corrected chi connectivity index (χ2v) is 7.63. The van der Waals surface area contributed by atoms with Gasteiger partial charge < -0.3 is 15.4 Å². The van der Waals surface area contributed by atoms with E-state index in [-0.39, 0.29) is 25.1 Å². The number of alkyl carbamates (subject to hydrolysis) is 1. The number of rotatable bonds is 9. The molecule has 1 aliphatic rings.